The number of carbonyl (C=O) groups excluding carboxylic acids is 2. The molecule has 6 heteroatoms. The molecule has 0 bridgehead atoms. The molecule has 0 spiro atoms. The molecule has 6 nitrogen and oxygen atoms in total. The van der Waals surface area contributed by atoms with Crippen LogP contribution in [-0.4, -0.2) is 47.6 Å². The number of ether oxygens (including phenoxy) is 1. The third-order valence-corrected chi connectivity index (χ3v) is 5.49. The predicted octanol–water partition coefficient (Wildman–Crippen LogP) is 2.43. The fraction of sp³-hybridized carbons (Fsp3) is 0.364. The number of hydrogen-bond acceptors (Lipinski definition) is 4. The van der Waals surface area contributed by atoms with Crippen LogP contribution in [0, 0.1) is 0 Å². The minimum absolute atomic E-state index is 0.00367. The summed E-state index contributed by atoms with van der Waals surface area (Å²) in [5.41, 5.74) is 2.42. The van der Waals surface area contributed by atoms with Crippen molar-refractivity contribution in [2.24, 2.45) is 0 Å². The van der Waals surface area contributed by atoms with Gasteiger partial charge in [-0.05, 0) is 42.5 Å². The van der Waals surface area contributed by atoms with Gasteiger partial charge in [-0.2, -0.15) is 0 Å². The maximum absolute atomic E-state index is 12.8. The molecule has 28 heavy (non-hydrogen) atoms. The summed E-state index contributed by atoms with van der Waals surface area (Å²) >= 11 is 0. The Morgan fingerprint density at radius 2 is 1.75 bits per heavy atom. The number of benzene rings is 2. The van der Waals surface area contributed by atoms with Crippen LogP contribution in [-0.2, 0) is 16.0 Å². The Labute approximate surface area is 164 Å². The molecule has 1 fully saturated rings. The second-order valence-electron chi connectivity index (χ2n) is 7.29. The quantitative estimate of drug-likeness (QED) is 0.857. The van der Waals surface area contributed by atoms with E-state index >= 15 is 0 Å². The molecule has 2 amide bonds. The van der Waals surface area contributed by atoms with E-state index in [0.29, 0.717) is 38.1 Å². The largest absolute Gasteiger partial charge is 0.507 e. The van der Waals surface area contributed by atoms with Gasteiger partial charge >= 0.3 is 0 Å². The average Bonchev–Trinajstić information content (AvgIpc) is 2.73. The van der Waals surface area contributed by atoms with Crippen molar-refractivity contribution in [1.29, 1.82) is 0 Å². The smallest absolute Gasteiger partial charge is 0.257 e. The van der Waals surface area contributed by atoms with Crippen molar-refractivity contribution in [2.45, 2.75) is 31.4 Å². The summed E-state index contributed by atoms with van der Waals surface area (Å²) in [6, 6.07) is 14.5. The van der Waals surface area contributed by atoms with Crippen molar-refractivity contribution >= 4 is 11.8 Å². The third-order valence-electron chi connectivity index (χ3n) is 5.49. The Kier molecular flexibility index (Phi) is 5.30. The molecular weight excluding hydrogens is 356 g/mol. The number of rotatable bonds is 3. The highest BCUT2D eigenvalue weighted by Crippen LogP contribution is 2.27. The Bertz CT molecular complexity index is 874. The van der Waals surface area contributed by atoms with Crippen LogP contribution >= 0.6 is 0 Å². The van der Waals surface area contributed by atoms with Gasteiger partial charge in [-0.25, -0.2) is 0 Å². The molecule has 2 aromatic rings. The fourth-order valence-electron chi connectivity index (χ4n) is 3.94. The number of hydrogen-bond donors (Lipinski definition) is 2. The molecule has 2 aromatic carbocycles. The summed E-state index contributed by atoms with van der Waals surface area (Å²) in [5, 5.41) is 13.0. The van der Waals surface area contributed by atoms with E-state index in [1.165, 1.54) is 6.07 Å². The highest BCUT2D eigenvalue weighted by Gasteiger charge is 2.31. The Hall–Kier alpha value is -2.86. The maximum atomic E-state index is 12.8. The lowest BCUT2D eigenvalue weighted by molar-refractivity contribution is -0.135. The highest BCUT2D eigenvalue weighted by atomic mass is 16.5. The van der Waals surface area contributed by atoms with E-state index in [1.807, 2.05) is 24.3 Å². The van der Waals surface area contributed by atoms with Crippen LogP contribution in [0.25, 0.3) is 0 Å². The van der Waals surface area contributed by atoms with Gasteiger partial charge in [-0.15, -0.1) is 0 Å². The zero-order chi connectivity index (χ0) is 19.5. The first kappa shape index (κ1) is 18.5. The molecule has 0 radical (unpaired) electrons. The minimum Gasteiger partial charge on any atom is -0.507 e. The SMILES string of the molecule is O=C(NC1CCN(C(=O)c2ccccc2O)CC1)C1OCCc2ccccc21. The van der Waals surface area contributed by atoms with Crippen LogP contribution in [0.4, 0.5) is 0 Å². The van der Waals surface area contributed by atoms with Gasteiger partial charge in [0.15, 0.2) is 6.10 Å². The molecule has 0 saturated carbocycles. The average molecular weight is 380 g/mol. The molecule has 1 atom stereocenters. The summed E-state index contributed by atoms with van der Waals surface area (Å²) in [7, 11) is 0. The summed E-state index contributed by atoms with van der Waals surface area (Å²) in [5.74, 6) is -0.291. The molecule has 2 aliphatic rings. The maximum Gasteiger partial charge on any atom is 0.257 e. The van der Waals surface area contributed by atoms with E-state index in [4.69, 9.17) is 4.74 Å². The molecule has 2 N–H and O–H groups in total. The van der Waals surface area contributed by atoms with Gasteiger partial charge in [0.1, 0.15) is 5.75 Å². The van der Waals surface area contributed by atoms with Gasteiger partial charge in [0, 0.05) is 19.1 Å². The molecular formula is C22H24N2O4. The standard InChI is InChI=1S/C22H24N2O4/c25-19-8-4-3-7-18(19)22(27)24-12-9-16(10-13-24)23-21(26)20-17-6-2-1-5-15(17)11-14-28-20/h1-8,16,20,25H,9-14H2,(H,23,26). The predicted molar refractivity (Wildman–Crippen MR) is 104 cm³/mol. The zero-order valence-corrected chi connectivity index (χ0v) is 15.6. The van der Waals surface area contributed by atoms with E-state index < -0.39 is 6.10 Å². The number of amides is 2. The van der Waals surface area contributed by atoms with Gasteiger partial charge in [-0.1, -0.05) is 36.4 Å². The van der Waals surface area contributed by atoms with Gasteiger partial charge in [0.2, 0.25) is 0 Å². The van der Waals surface area contributed by atoms with E-state index in [9.17, 15) is 14.7 Å². The van der Waals surface area contributed by atoms with E-state index in [1.54, 1.807) is 23.1 Å². The van der Waals surface area contributed by atoms with Crippen LogP contribution in [0.2, 0.25) is 0 Å². The first-order chi connectivity index (χ1) is 13.6. The minimum atomic E-state index is -0.564. The Morgan fingerprint density at radius 3 is 2.54 bits per heavy atom. The summed E-state index contributed by atoms with van der Waals surface area (Å²) in [6.07, 6.45) is 1.62. The number of nitrogens with one attached hydrogen (secondary N) is 1. The number of nitrogens with zero attached hydrogens (tertiary/aromatic N) is 1. The summed E-state index contributed by atoms with van der Waals surface area (Å²) < 4.78 is 5.73. The number of aromatic hydroxyl groups is 1. The van der Waals surface area contributed by atoms with Crippen molar-refractivity contribution in [2.75, 3.05) is 19.7 Å². The first-order valence-electron chi connectivity index (χ1n) is 9.70. The van der Waals surface area contributed by atoms with Crippen molar-refractivity contribution in [3.05, 3.63) is 65.2 Å². The number of para-hydroxylation sites is 1. The first-order valence-corrected chi connectivity index (χ1v) is 9.70. The lowest BCUT2D eigenvalue weighted by Gasteiger charge is -2.34. The summed E-state index contributed by atoms with van der Waals surface area (Å²) in [4.78, 5) is 27.1. The number of fused-ring (bicyclic) bond motifs is 1. The molecule has 1 saturated heterocycles. The van der Waals surface area contributed by atoms with Crippen molar-refractivity contribution in [3.63, 3.8) is 0 Å². The van der Waals surface area contributed by atoms with Gasteiger partial charge < -0.3 is 20.1 Å². The lowest BCUT2D eigenvalue weighted by Crippen LogP contribution is -2.48. The Balaban J connectivity index is 1.34. The molecule has 2 heterocycles. The molecule has 0 aliphatic carbocycles. The number of phenols is 1. The lowest BCUT2D eigenvalue weighted by atomic mass is 9.96. The topological polar surface area (TPSA) is 78.9 Å². The highest BCUT2D eigenvalue weighted by molar-refractivity contribution is 5.96. The Morgan fingerprint density at radius 1 is 1.04 bits per heavy atom. The number of piperidine rings is 1. The van der Waals surface area contributed by atoms with Crippen LogP contribution in [0.3, 0.4) is 0 Å². The number of carbonyl (C=O) groups is 2. The van der Waals surface area contributed by atoms with Crippen LogP contribution in [0.1, 0.15) is 40.4 Å². The fourth-order valence-corrected chi connectivity index (χ4v) is 3.94. The third kappa shape index (κ3) is 3.73. The monoisotopic (exact) mass is 380 g/mol. The number of likely N-dealkylation sites (tertiary alicyclic amines) is 1. The van der Waals surface area contributed by atoms with Crippen LogP contribution in [0.5, 0.6) is 5.75 Å². The molecule has 146 valence electrons. The molecule has 2 aliphatic heterocycles. The second kappa shape index (κ2) is 8.02. The van der Waals surface area contributed by atoms with Gasteiger partial charge in [-0.3, -0.25) is 9.59 Å². The van der Waals surface area contributed by atoms with Gasteiger partial charge in [0.05, 0.1) is 12.2 Å². The van der Waals surface area contributed by atoms with Crippen molar-refractivity contribution in [3.8, 4) is 5.75 Å². The van der Waals surface area contributed by atoms with E-state index in [0.717, 1.165) is 17.5 Å². The van der Waals surface area contributed by atoms with Gasteiger partial charge in [0.25, 0.3) is 11.8 Å². The normalized spacial score (nSPS) is 19.7. The molecule has 4 rings (SSSR count). The van der Waals surface area contributed by atoms with E-state index in [-0.39, 0.29) is 23.6 Å². The van der Waals surface area contributed by atoms with E-state index in [2.05, 4.69) is 5.32 Å². The zero-order valence-electron chi connectivity index (χ0n) is 15.6. The van der Waals surface area contributed by atoms with Crippen molar-refractivity contribution in [1.82, 2.24) is 10.2 Å². The molecule has 0 aromatic heterocycles. The van der Waals surface area contributed by atoms with Crippen LogP contribution < -0.4 is 5.32 Å². The summed E-state index contributed by atoms with van der Waals surface area (Å²) in [6.45, 7) is 1.63. The van der Waals surface area contributed by atoms with Crippen molar-refractivity contribution < 1.29 is 19.4 Å². The number of phenolic OH excluding ortho intramolecular Hbond substituents is 1. The molecule has 1 unspecified atom stereocenters. The second-order valence-corrected chi connectivity index (χ2v) is 7.29. The van der Waals surface area contributed by atoms with Crippen LogP contribution in [0.15, 0.2) is 48.5 Å².